The molecule has 10 aliphatic heterocycles. The molecule has 680 valence electrons. The molecule has 53 nitrogen and oxygen atoms in total. The summed E-state index contributed by atoms with van der Waals surface area (Å²) in [6.07, 6.45) is -104. The van der Waals surface area contributed by atoms with Gasteiger partial charge in [-0.3, -0.25) is 9.59 Å². The molecule has 0 aromatic carbocycles. The van der Waals surface area contributed by atoms with Crippen molar-refractivity contribution in [1.29, 1.82) is 0 Å². The third kappa shape index (κ3) is 20.7. The van der Waals surface area contributed by atoms with Crippen LogP contribution in [0.1, 0.15) is 13.8 Å². The predicted molar refractivity (Wildman–Crippen MR) is 353 cm³/mol. The number of aliphatic hydroxyl groups excluding tert-OH is 30. The summed E-state index contributed by atoms with van der Waals surface area (Å²) in [4.78, 5) is 25.2. The fourth-order valence-corrected chi connectivity index (χ4v) is 15.0. The lowest BCUT2D eigenvalue weighted by Gasteiger charge is -2.51. The predicted octanol–water partition coefficient (Wildman–Crippen LogP) is -22.5. The normalized spacial score (nSPS) is 51.5. The standard InChI is InChI=1S/C64H108N2O51/c1-13(75)65-25-35(85)48(21(9-73)101-55(25)98)111-56-26(66-14(2)76)36(86)49(22(10-74)108-56)112-60-46(96)51(34(84)23(109-60)11-100-63-53(41(91)31(81)19(7-71)106-63)117-64-54(42(92)32(82)20(8-72)107-64)116-59-45(95)39(89)29(79)17(5-69)104-59)114-61-47(97)50(113-57-43(93)37(87)27(77)15(3-67)102-57)33(83)24(110-61)12-99-62-52(40(90)30(80)18(6-70)105-62)115-58-44(94)38(88)28(78)16(4-68)103-58/h15-64,67-74,77-98H,3-12H2,1-2H3,(H,65,75)(H,66,76)/t15-,16-,17-,18-,19-,20-,21-,22-,23-,24-,25-,26-,27-,28-,29-,30-,31-,32-,33-,34-,35-,36-,37+,38+,39+,40+,41+,42+,43+,44+,45+,46+,47+,48-,49-,50+,51+,52+,53+,54+,55-,56+,57-,58-,59-,60+,61-,62+,63+,64-/m1/s1. The van der Waals surface area contributed by atoms with Gasteiger partial charge in [0.1, 0.15) is 244 Å². The molecule has 10 fully saturated rings. The fourth-order valence-electron chi connectivity index (χ4n) is 15.0. The molecule has 2 amide bonds. The number of amides is 2. The van der Waals surface area contributed by atoms with Crippen molar-refractivity contribution < 1.29 is 253 Å². The molecular formula is C64H108N2O51. The fraction of sp³-hybridized carbons (Fsp3) is 0.969. The third-order valence-corrected chi connectivity index (χ3v) is 21.7. The number of rotatable bonds is 30. The highest BCUT2D eigenvalue weighted by molar-refractivity contribution is 5.73. The molecule has 10 aliphatic rings. The lowest BCUT2D eigenvalue weighted by Crippen LogP contribution is -2.70. The van der Waals surface area contributed by atoms with Gasteiger partial charge < -0.3 is 254 Å². The zero-order chi connectivity index (χ0) is 85.9. The number of nitrogens with one attached hydrogen (secondary N) is 2. The van der Waals surface area contributed by atoms with Gasteiger partial charge in [-0.2, -0.15) is 0 Å². The number of hydrogen-bond acceptors (Lipinski definition) is 51. The number of carbonyl (C=O) groups is 2. The van der Waals surface area contributed by atoms with Crippen LogP contribution in [0, 0.1) is 0 Å². The van der Waals surface area contributed by atoms with E-state index in [0.717, 1.165) is 13.8 Å². The van der Waals surface area contributed by atoms with Crippen LogP contribution in [0.2, 0.25) is 0 Å². The number of ether oxygens (including phenoxy) is 19. The monoisotopic (exact) mass is 1720 g/mol. The second kappa shape index (κ2) is 41.9. The molecule has 50 atom stereocenters. The molecule has 0 radical (unpaired) electrons. The Morgan fingerprint density at radius 3 is 0.803 bits per heavy atom. The maximum absolute atomic E-state index is 13.0. The van der Waals surface area contributed by atoms with Crippen molar-refractivity contribution in [2.75, 3.05) is 66.1 Å². The van der Waals surface area contributed by atoms with Crippen molar-refractivity contribution >= 4 is 11.8 Å². The Morgan fingerprint density at radius 1 is 0.222 bits per heavy atom. The largest absolute Gasteiger partial charge is 0.394 e. The molecule has 0 bridgehead atoms. The molecule has 53 heteroatoms. The number of carbonyl (C=O) groups excluding carboxylic acids is 2. The van der Waals surface area contributed by atoms with E-state index in [0.29, 0.717) is 0 Å². The van der Waals surface area contributed by atoms with Crippen molar-refractivity contribution in [3.8, 4) is 0 Å². The van der Waals surface area contributed by atoms with Crippen molar-refractivity contribution in [1.82, 2.24) is 10.6 Å². The Bertz CT molecular complexity index is 3050. The van der Waals surface area contributed by atoms with E-state index >= 15 is 0 Å². The molecule has 0 saturated carbocycles. The van der Waals surface area contributed by atoms with Gasteiger partial charge in [0.05, 0.1) is 66.1 Å². The summed E-state index contributed by atoms with van der Waals surface area (Å²) in [6.45, 7) is -9.28. The summed E-state index contributed by atoms with van der Waals surface area (Å²) in [5.74, 6) is -1.78. The van der Waals surface area contributed by atoms with E-state index < -0.39 is 385 Å². The highest BCUT2D eigenvalue weighted by Gasteiger charge is 2.61. The highest BCUT2D eigenvalue weighted by atomic mass is 16.8. The highest BCUT2D eigenvalue weighted by Crippen LogP contribution is 2.40. The second-order valence-electron chi connectivity index (χ2n) is 29.5. The average Bonchev–Trinajstić information content (AvgIpc) is 0.774. The molecule has 32 N–H and O–H groups in total. The Kier molecular flexibility index (Phi) is 34.4. The number of hydrogen-bond donors (Lipinski definition) is 32. The van der Waals surface area contributed by atoms with E-state index in [9.17, 15) is 163 Å². The molecule has 0 aromatic heterocycles. The first-order valence-electron chi connectivity index (χ1n) is 37.2. The third-order valence-electron chi connectivity index (χ3n) is 21.7. The van der Waals surface area contributed by atoms with E-state index in [2.05, 4.69) is 10.6 Å². The van der Waals surface area contributed by atoms with Crippen molar-refractivity contribution in [2.45, 2.75) is 321 Å². The van der Waals surface area contributed by atoms with Crippen molar-refractivity contribution in [3.05, 3.63) is 0 Å². The summed E-state index contributed by atoms with van der Waals surface area (Å²) < 4.78 is 111. The van der Waals surface area contributed by atoms with Gasteiger partial charge in [0.25, 0.3) is 0 Å². The van der Waals surface area contributed by atoms with Gasteiger partial charge in [-0.25, -0.2) is 0 Å². The molecule has 0 spiro atoms. The smallest absolute Gasteiger partial charge is 0.217 e. The van der Waals surface area contributed by atoms with Crippen LogP contribution in [0.3, 0.4) is 0 Å². The van der Waals surface area contributed by atoms with Crippen LogP contribution in [0.25, 0.3) is 0 Å². The van der Waals surface area contributed by atoms with Gasteiger partial charge in [0.15, 0.2) is 62.9 Å². The van der Waals surface area contributed by atoms with Crippen LogP contribution in [-0.4, -0.2) is 538 Å². The number of aliphatic hydroxyl groups is 30. The SMILES string of the molecule is CC(=O)N[C@@H]1[C@@H](O)[C@H](O[C@@H]2O[C@H](CO)[C@@H](O[C@@H]3O[C@H](CO[C@H]4O[C@H](CO)[C@@H](O)[C@H](O)[C@@H]4O[C@H]4O[C@H](CO)[C@@H](O)[C@H](O)[C@@H]4O[C@H]4O[C@H](CO)[C@@H](O)[C@H](O)[C@@H]4O)[C@@H](O)[C@H](O[C@H]4O[C@H](CO[C@H]5O[C@H](CO)[C@@H](O)[C@H](O)[C@@H]5O[C@H]5O[C@H](CO)[C@@H](O)[C@H](O)[C@@H]5O)[C@@H](O)[C@H](O[C@H]5O[C@H](CO)[C@@H](O)[C@H](O)[C@@H]5O)[C@@H]4O)[C@@H]3O)[C@H](O)[C@H]2NC(C)=O)[C@@H](CO)O[C@H]1O. The van der Waals surface area contributed by atoms with E-state index in [1.54, 1.807) is 0 Å². The summed E-state index contributed by atoms with van der Waals surface area (Å²) in [5.41, 5.74) is 0. The summed E-state index contributed by atoms with van der Waals surface area (Å²) in [5, 5.41) is 336. The van der Waals surface area contributed by atoms with E-state index in [1.165, 1.54) is 0 Å². The van der Waals surface area contributed by atoms with Crippen LogP contribution in [-0.2, 0) is 99.6 Å². The first-order chi connectivity index (χ1) is 55.4. The zero-order valence-corrected chi connectivity index (χ0v) is 61.9. The topological polar surface area (TPSA) is 840 Å². The maximum Gasteiger partial charge on any atom is 0.217 e. The van der Waals surface area contributed by atoms with Crippen LogP contribution in [0.5, 0.6) is 0 Å². The average molecular weight is 1720 g/mol. The van der Waals surface area contributed by atoms with Crippen molar-refractivity contribution in [3.63, 3.8) is 0 Å². The van der Waals surface area contributed by atoms with Crippen LogP contribution in [0.4, 0.5) is 0 Å². The van der Waals surface area contributed by atoms with E-state index in [-0.39, 0.29) is 0 Å². The molecule has 0 aromatic rings. The lowest BCUT2D eigenvalue weighted by atomic mass is 9.94. The molecule has 117 heavy (non-hydrogen) atoms. The maximum atomic E-state index is 13.0. The van der Waals surface area contributed by atoms with Crippen LogP contribution >= 0.6 is 0 Å². The zero-order valence-electron chi connectivity index (χ0n) is 61.9. The first kappa shape index (κ1) is 96.2. The molecular weight excluding hydrogens is 1610 g/mol. The van der Waals surface area contributed by atoms with Crippen LogP contribution < -0.4 is 10.6 Å². The van der Waals surface area contributed by atoms with Crippen LogP contribution in [0.15, 0.2) is 0 Å². The minimum atomic E-state index is -2.66. The quantitative estimate of drug-likeness (QED) is 0.0318. The Balaban J connectivity index is 1.00. The lowest BCUT2D eigenvalue weighted by molar-refractivity contribution is -0.402. The summed E-state index contributed by atoms with van der Waals surface area (Å²) in [7, 11) is 0. The molecule has 10 rings (SSSR count). The minimum absolute atomic E-state index is 0.806. The Morgan fingerprint density at radius 2 is 0.462 bits per heavy atom. The van der Waals surface area contributed by atoms with Gasteiger partial charge >= 0.3 is 0 Å². The second-order valence-corrected chi connectivity index (χ2v) is 29.5. The molecule has 0 aliphatic carbocycles. The van der Waals surface area contributed by atoms with Gasteiger partial charge in [-0.1, -0.05) is 0 Å². The van der Waals surface area contributed by atoms with E-state index in [1.807, 2.05) is 0 Å². The summed E-state index contributed by atoms with van der Waals surface area (Å²) in [6, 6.07) is -3.64. The van der Waals surface area contributed by atoms with Crippen molar-refractivity contribution in [2.24, 2.45) is 0 Å². The van der Waals surface area contributed by atoms with Gasteiger partial charge in [-0.15, -0.1) is 0 Å². The molecule has 0 unspecified atom stereocenters. The Labute approximate surface area is 660 Å². The summed E-state index contributed by atoms with van der Waals surface area (Å²) >= 11 is 0. The van der Waals surface area contributed by atoms with E-state index in [4.69, 9.17) is 90.0 Å². The Hall–Kier alpha value is -3.02. The minimum Gasteiger partial charge on any atom is -0.394 e. The molecule has 10 saturated heterocycles. The van der Waals surface area contributed by atoms with Gasteiger partial charge in [0.2, 0.25) is 11.8 Å². The molecule has 10 heterocycles. The first-order valence-corrected chi connectivity index (χ1v) is 37.2. The van der Waals surface area contributed by atoms with Gasteiger partial charge in [0, 0.05) is 13.8 Å². The van der Waals surface area contributed by atoms with Gasteiger partial charge in [-0.05, 0) is 0 Å².